The first-order chi connectivity index (χ1) is 13.2. The zero-order chi connectivity index (χ0) is 20.7. The van der Waals surface area contributed by atoms with Crippen LogP contribution in [0.4, 0.5) is 0 Å². The Morgan fingerprint density at radius 3 is 2.04 bits per heavy atom. The molecule has 8 heteroatoms. The van der Waals surface area contributed by atoms with Crippen LogP contribution in [0.15, 0.2) is 40.9 Å². The molecule has 0 aliphatic carbocycles. The molecule has 3 unspecified atom stereocenters. The van der Waals surface area contributed by atoms with Crippen LogP contribution in [0.3, 0.4) is 0 Å². The third kappa shape index (κ3) is 7.09. The average Bonchev–Trinajstić information content (AvgIpc) is 2.99. The quantitative estimate of drug-likeness (QED) is 0.508. The van der Waals surface area contributed by atoms with E-state index >= 15 is 0 Å². The molecule has 2 heterocycles. The normalized spacial score (nSPS) is 24.1. The number of carboxylic acid groups (broad SMARTS) is 2. The van der Waals surface area contributed by atoms with E-state index in [2.05, 4.69) is 21.2 Å². The van der Waals surface area contributed by atoms with Gasteiger partial charge in [0.15, 0.2) is 0 Å². The number of esters is 1. The van der Waals surface area contributed by atoms with Crippen LogP contribution in [0, 0.1) is 0 Å². The van der Waals surface area contributed by atoms with E-state index in [0.717, 1.165) is 22.9 Å². The van der Waals surface area contributed by atoms with Gasteiger partial charge in [0.25, 0.3) is 0 Å². The first kappa shape index (κ1) is 22.1. The number of hydrogen-bond acceptors (Lipinski definition) is 7. The number of halogens is 1. The first-order valence-corrected chi connectivity index (χ1v) is 9.86. The number of ether oxygens (including phenoxy) is 1. The molecule has 1 aromatic rings. The van der Waals surface area contributed by atoms with Gasteiger partial charge in [-0.25, -0.2) is 0 Å². The van der Waals surface area contributed by atoms with Crippen LogP contribution in [0.2, 0.25) is 0 Å². The summed E-state index contributed by atoms with van der Waals surface area (Å²) in [5.74, 6) is -3.39. The second-order valence-electron chi connectivity index (χ2n) is 6.91. The Hall–Kier alpha value is -2.19. The van der Waals surface area contributed by atoms with Crippen LogP contribution in [-0.4, -0.2) is 36.1 Å². The molecule has 2 fully saturated rings. The van der Waals surface area contributed by atoms with Crippen LogP contribution in [0.25, 0.3) is 0 Å². The molecular formula is C20H22BrNO6-2. The van der Waals surface area contributed by atoms with Crippen LogP contribution < -0.4 is 15.5 Å². The number of hydrogen-bond donors (Lipinski definition) is 1. The lowest BCUT2D eigenvalue weighted by molar-refractivity contribution is -0.301. The van der Waals surface area contributed by atoms with Gasteiger partial charge in [0.05, 0.1) is 17.9 Å². The molecule has 7 nitrogen and oxygen atoms in total. The number of rotatable bonds is 5. The van der Waals surface area contributed by atoms with Gasteiger partial charge in [-0.15, -0.1) is 0 Å². The lowest BCUT2D eigenvalue weighted by Crippen LogP contribution is -2.42. The molecule has 2 aliphatic rings. The lowest BCUT2D eigenvalue weighted by atomic mass is 10.00. The summed E-state index contributed by atoms with van der Waals surface area (Å²) in [4.78, 5) is 31.1. The lowest BCUT2D eigenvalue weighted by Gasteiger charge is -2.29. The third-order valence-corrected chi connectivity index (χ3v) is 5.32. The maximum Gasteiger partial charge on any atom is 0.313 e. The number of carbonyl (C=O) groups excluding carboxylic acids is 3. The molecule has 2 saturated heterocycles. The van der Waals surface area contributed by atoms with Gasteiger partial charge >= 0.3 is 5.97 Å². The summed E-state index contributed by atoms with van der Waals surface area (Å²) in [5, 5.41) is 22.4. The van der Waals surface area contributed by atoms with E-state index in [-0.39, 0.29) is 18.0 Å². The second-order valence-corrected chi connectivity index (χ2v) is 7.83. The number of aliphatic carboxylic acids is 2. The molecule has 0 saturated carbocycles. The standard InChI is InChI=1S/C16H20BrNO2.C4H4O4/c1-10(11-2-4-12(17)5-3-11)16(19)20-15-8-13-6-7-14(9-15)18-13;5-3(6)1-2-4(7)8/h2-5,10,13-15,18H,6-9H2,1H3;1-2H,(H,5,6)(H,7,8)/p-2/b;2-1-. The fourth-order valence-corrected chi connectivity index (χ4v) is 3.66. The summed E-state index contributed by atoms with van der Waals surface area (Å²) in [6, 6.07) is 8.97. The Morgan fingerprint density at radius 1 is 1.07 bits per heavy atom. The van der Waals surface area contributed by atoms with Gasteiger partial charge < -0.3 is 29.9 Å². The third-order valence-electron chi connectivity index (χ3n) is 4.79. The largest absolute Gasteiger partial charge is 0.545 e. The molecule has 152 valence electrons. The summed E-state index contributed by atoms with van der Waals surface area (Å²) >= 11 is 3.41. The molecule has 2 aliphatic heterocycles. The number of carboxylic acids is 2. The molecule has 1 aromatic carbocycles. The number of fused-ring (bicyclic) bond motifs is 2. The molecule has 1 N–H and O–H groups in total. The van der Waals surface area contributed by atoms with Crippen molar-refractivity contribution in [3.63, 3.8) is 0 Å². The summed E-state index contributed by atoms with van der Waals surface area (Å²) in [5.41, 5.74) is 1.01. The van der Waals surface area contributed by atoms with Crippen molar-refractivity contribution in [1.82, 2.24) is 5.32 Å². The molecule has 0 spiro atoms. The molecule has 0 amide bonds. The van der Waals surface area contributed by atoms with E-state index in [4.69, 9.17) is 4.74 Å². The van der Waals surface area contributed by atoms with Crippen LogP contribution >= 0.6 is 15.9 Å². The smallest absolute Gasteiger partial charge is 0.313 e. The number of benzene rings is 1. The summed E-state index contributed by atoms with van der Waals surface area (Å²) in [6.45, 7) is 1.92. The van der Waals surface area contributed by atoms with Crippen molar-refractivity contribution in [3.05, 3.63) is 46.5 Å². The molecule has 0 radical (unpaired) electrons. The number of carbonyl (C=O) groups is 3. The van der Waals surface area contributed by atoms with Gasteiger partial charge in [-0.3, -0.25) is 4.79 Å². The maximum absolute atomic E-state index is 12.3. The van der Waals surface area contributed by atoms with Crippen molar-refractivity contribution in [2.24, 2.45) is 0 Å². The Labute approximate surface area is 171 Å². The fourth-order valence-electron chi connectivity index (χ4n) is 3.39. The minimum Gasteiger partial charge on any atom is -0.545 e. The van der Waals surface area contributed by atoms with Gasteiger partial charge in [0.2, 0.25) is 0 Å². The first-order valence-electron chi connectivity index (χ1n) is 9.06. The zero-order valence-corrected chi connectivity index (χ0v) is 17.0. The van der Waals surface area contributed by atoms with E-state index in [9.17, 15) is 24.6 Å². The monoisotopic (exact) mass is 451 g/mol. The van der Waals surface area contributed by atoms with Gasteiger partial charge in [0.1, 0.15) is 6.10 Å². The van der Waals surface area contributed by atoms with Crippen LogP contribution in [0.1, 0.15) is 44.1 Å². The summed E-state index contributed by atoms with van der Waals surface area (Å²) in [7, 11) is 0. The number of piperidine rings is 1. The minimum atomic E-state index is -1.55. The summed E-state index contributed by atoms with van der Waals surface area (Å²) < 4.78 is 6.75. The highest BCUT2D eigenvalue weighted by Gasteiger charge is 2.35. The fraction of sp³-hybridized carbons (Fsp3) is 0.450. The Morgan fingerprint density at radius 2 is 1.57 bits per heavy atom. The van der Waals surface area contributed by atoms with E-state index in [1.807, 2.05) is 31.2 Å². The Bertz CT molecular complexity index is 705. The van der Waals surface area contributed by atoms with E-state index in [0.29, 0.717) is 24.2 Å². The summed E-state index contributed by atoms with van der Waals surface area (Å²) in [6.07, 6.45) is 5.25. The predicted molar refractivity (Wildman–Crippen MR) is 101 cm³/mol. The number of nitrogens with one attached hydrogen (secondary N) is 1. The van der Waals surface area contributed by atoms with E-state index in [1.165, 1.54) is 12.8 Å². The van der Waals surface area contributed by atoms with Crippen molar-refractivity contribution < 1.29 is 29.3 Å². The maximum atomic E-state index is 12.3. The van der Waals surface area contributed by atoms with Crippen molar-refractivity contribution in [2.75, 3.05) is 0 Å². The Kier molecular flexibility index (Phi) is 8.19. The van der Waals surface area contributed by atoms with Crippen molar-refractivity contribution in [3.8, 4) is 0 Å². The molecule has 2 bridgehead atoms. The van der Waals surface area contributed by atoms with Crippen molar-refractivity contribution in [1.29, 1.82) is 0 Å². The second kappa shape index (κ2) is 10.4. The SMILES string of the molecule is CC(C(=O)OC1CC2CCC(C1)N2)c1ccc(Br)cc1.O=C([O-])/C=C\C(=O)[O-]. The van der Waals surface area contributed by atoms with Crippen LogP contribution in [-0.2, 0) is 19.1 Å². The predicted octanol–water partition coefficient (Wildman–Crippen LogP) is 0.421. The van der Waals surface area contributed by atoms with E-state index in [1.54, 1.807) is 0 Å². The molecule has 3 atom stereocenters. The topological polar surface area (TPSA) is 119 Å². The highest BCUT2D eigenvalue weighted by atomic mass is 79.9. The molecule has 28 heavy (non-hydrogen) atoms. The highest BCUT2D eigenvalue weighted by Crippen LogP contribution is 2.30. The van der Waals surface area contributed by atoms with Gasteiger partial charge in [-0.2, -0.15) is 0 Å². The molecule has 3 rings (SSSR count). The highest BCUT2D eigenvalue weighted by molar-refractivity contribution is 9.10. The zero-order valence-electron chi connectivity index (χ0n) is 15.4. The van der Waals surface area contributed by atoms with Crippen LogP contribution in [0.5, 0.6) is 0 Å². The minimum absolute atomic E-state index is 0.0964. The van der Waals surface area contributed by atoms with Crippen molar-refractivity contribution >= 4 is 33.8 Å². The molecule has 0 aromatic heterocycles. The van der Waals surface area contributed by atoms with Gasteiger partial charge in [0, 0.05) is 16.6 Å². The van der Waals surface area contributed by atoms with Gasteiger partial charge in [-0.05, 0) is 62.5 Å². The van der Waals surface area contributed by atoms with Crippen molar-refractivity contribution in [2.45, 2.75) is 56.7 Å². The van der Waals surface area contributed by atoms with E-state index < -0.39 is 11.9 Å². The molecular weight excluding hydrogens is 430 g/mol. The van der Waals surface area contributed by atoms with Gasteiger partial charge in [-0.1, -0.05) is 28.1 Å². The Balaban J connectivity index is 0.000000300. The average molecular weight is 452 g/mol.